The van der Waals surface area contributed by atoms with Crippen LogP contribution in [0.2, 0.25) is 0 Å². The second-order valence-electron chi connectivity index (χ2n) is 9.99. The topological polar surface area (TPSA) is 77.0 Å². The number of carbonyl (C=O) groups is 1. The summed E-state index contributed by atoms with van der Waals surface area (Å²) < 4.78 is 1.87. The lowest BCUT2D eigenvalue weighted by Gasteiger charge is -2.30. The average molecular weight is 488 g/mol. The van der Waals surface area contributed by atoms with Gasteiger partial charge in [-0.3, -0.25) is 4.79 Å². The highest BCUT2D eigenvalue weighted by molar-refractivity contribution is 7.14. The lowest BCUT2D eigenvalue weighted by molar-refractivity contribution is 0.0689. The Morgan fingerprint density at radius 1 is 1.11 bits per heavy atom. The minimum atomic E-state index is -0.00521. The van der Waals surface area contributed by atoms with Gasteiger partial charge in [-0.25, -0.2) is 9.67 Å². The van der Waals surface area contributed by atoms with Crippen molar-refractivity contribution in [1.82, 2.24) is 19.7 Å². The number of amides is 1. The first kappa shape index (κ1) is 23.7. The van der Waals surface area contributed by atoms with Gasteiger partial charge >= 0.3 is 0 Å². The smallest absolute Gasteiger partial charge is 0.275 e. The Balaban J connectivity index is 1.60. The lowest BCUT2D eigenvalue weighted by atomic mass is 9.97. The highest BCUT2D eigenvalue weighted by Crippen LogP contribution is 2.37. The molecule has 1 saturated heterocycles. The summed E-state index contributed by atoms with van der Waals surface area (Å²) in [5, 5.41) is 6.56. The summed E-state index contributed by atoms with van der Waals surface area (Å²) in [6, 6.07) is 14.7. The molecule has 5 rings (SSSR count). The van der Waals surface area contributed by atoms with Crippen molar-refractivity contribution in [1.29, 1.82) is 0 Å². The molecule has 0 atom stereocenters. The highest BCUT2D eigenvalue weighted by atomic mass is 32.1. The van der Waals surface area contributed by atoms with Gasteiger partial charge in [0, 0.05) is 28.9 Å². The van der Waals surface area contributed by atoms with E-state index in [1.54, 1.807) is 11.3 Å². The van der Waals surface area contributed by atoms with Crippen molar-refractivity contribution < 1.29 is 4.79 Å². The molecule has 1 amide bonds. The van der Waals surface area contributed by atoms with Gasteiger partial charge in [0.15, 0.2) is 5.69 Å². The monoisotopic (exact) mass is 487 g/mol. The molecule has 4 aromatic rings. The molecule has 182 valence electrons. The van der Waals surface area contributed by atoms with Crippen LogP contribution in [-0.2, 0) is 0 Å². The van der Waals surface area contributed by atoms with Crippen LogP contribution in [0, 0.1) is 19.8 Å². The van der Waals surface area contributed by atoms with Gasteiger partial charge in [-0.2, -0.15) is 5.10 Å². The average Bonchev–Trinajstić information content (AvgIpc) is 3.46. The third-order valence-corrected chi connectivity index (χ3v) is 8.24. The molecule has 0 spiro atoms. The van der Waals surface area contributed by atoms with Crippen LogP contribution in [0.5, 0.6) is 0 Å². The SMILES string of the molecule is Cc1cccc(-c2nc(-n3nc(C(=O)N4CCC(CN)CC4)c4cc(C)ccc43)sc2C(C)C)c1. The molecule has 0 bridgehead atoms. The van der Waals surface area contributed by atoms with E-state index in [0.29, 0.717) is 24.1 Å². The van der Waals surface area contributed by atoms with Crippen molar-refractivity contribution in [3.05, 3.63) is 64.2 Å². The van der Waals surface area contributed by atoms with E-state index in [2.05, 4.69) is 63.2 Å². The van der Waals surface area contributed by atoms with Crippen LogP contribution in [-0.4, -0.2) is 45.2 Å². The highest BCUT2D eigenvalue weighted by Gasteiger charge is 2.28. The van der Waals surface area contributed by atoms with Crippen LogP contribution in [0.4, 0.5) is 0 Å². The predicted molar refractivity (Wildman–Crippen MR) is 143 cm³/mol. The zero-order valence-corrected chi connectivity index (χ0v) is 21.7. The number of rotatable bonds is 5. The van der Waals surface area contributed by atoms with E-state index < -0.39 is 0 Å². The number of thiazole rings is 1. The number of nitrogens with two attached hydrogens (primary N) is 1. The Morgan fingerprint density at radius 2 is 1.86 bits per heavy atom. The van der Waals surface area contributed by atoms with Crippen molar-refractivity contribution in [3.63, 3.8) is 0 Å². The molecule has 6 nitrogen and oxygen atoms in total. The fraction of sp³-hybridized carbons (Fsp3) is 0.393. The summed E-state index contributed by atoms with van der Waals surface area (Å²) >= 11 is 1.65. The van der Waals surface area contributed by atoms with Gasteiger partial charge in [0.05, 0.1) is 11.2 Å². The molecule has 3 heterocycles. The van der Waals surface area contributed by atoms with Crippen LogP contribution >= 0.6 is 11.3 Å². The van der Waals surface area contributed by atoms with Crippen LogP contribution in [0.3, 0.4) is 0 Å². The standard InChI is InChI=1S/C28H33N5OS/c1-17(2)26-24(21-7-5-6-18(3)14-21)30-28(35-26)33-23-9-8-19(4)15-22(23)25(31-33)27(34)32-12-10-20(16-29)11-13-32/h5-9,14-15,17,20H,10-13,16,29H2,1-4H3. The van der Waals surface area contributed by atoms with Gasteiger partial charge in [0.25, 0.3) is 5.91 Å². The van der Waals surface area contributed by atoms with Crippen molar-refractivity contribution in [3.8, 4) is 16.4 Å². The van der Waals surface area contributed by atoms with Gasteiger partial charge < -0.3 is 10.6 Å². The Morgan fingerprint density at radius 3 is 2.54 bits per heavy atom. The molecular weight excluding hydrogens is 454 g/mol. The third kappa shape index (κ3) is 4.50. The minimum Gasteiger partial charge on any atom is -0.337 e. The molecule has 0 saturated carbocycles. The molecule has 0 radical (unpaired) electrons. The van der Waals surface area contributed by atoms with Crippen LogP contribution in [0.15, 0.2) is 42.5 Å². The van der Waals surface area contributed by atoms with Crippen molar-refractivity contribution >= 4 is 28.1 Å². The minimum absolute atomic E-state index is 0.00521. The Labute approximate surface area is 210 Å². The Kier molecular flexibility index (Phi) is 6.47. The fourth-order valence-corrected chi connectivity index (χ4v) is 5.91. The molecule has 2 aromatic heterocycles. The first-order chi connectivity index (χ1) is 16.9. The van der Waals surface area contributed by atoms with E-state index in [1.807, 2.05) is 16.5 Å². The van der Waals surface area contributed by atoms with Crippen LogP contribution in [0.25, 0.3) is 27.3 Å². The van der Waals surface area contributed by atoms with E-state index in [1.165, 1.54) is 10.4 Å². The zero-order chi connectivity index (χ0) is 24.7. The lowest BCUT2D eigenvalue weighted by Crippen LogP contribution is -2.40. The fourth-order valence-electron chi connectivity index (χ4n) is 4.86. The van der Waals surface area contributed by atoms with Crippen molar-refractivity contribution in [2.24, 2.45) is 11.7 Å². The van der Waals surface area contributed by atoms with Gasteiger partial charge in [-0.15, -0.1) is 0 Å². The van der Waals surface area contributed by atoms with Gasteiger partial charge in [0.2, 0.25) is 5.13 Å². The zero-order valence-electron chi connectivity index (χ0n) is 20.9. The van der Waals surface area contributed by atoms with E-state index in [4.69, 9.17) is 15.8 Å². The summed E-state index contributed by atoms with van der Waals surface area (Å²) in [5.41, 5.74) is 11.7. The van der Waals surface area contributed by atoms with Gasteiger partial charge in [-0.1, -0.05) is 60.6 Å². The molecular formula is C28H33N5OS. The van der Waals surface area contributed by atoms with E-state index in [0.717, 1.165) is 58.8 Å². The number of fused-ring (bicyclic) bond motifs is 1. The van der Waals surface area contributed by atoms with E-state index in [9.17, 15) is 4.79 Å². The van der Waals surface area contributed by atoms with Crippen molar-refractivity contribution in [2.75, 3.05) is 19.6 Å². The largest absolute Gasteiger partial charge is 0.337 e. The summed E-state index contributed by atoms with van der Waals surface area (Å²) in [6.07, 6.45) is 1.90. The first-order valence-corrected chi connectivity index (χ1v) is 13.2. The summed E-state index contributed by atoms with van der Waals surface area (Å²) in [4.78, 5) is 21.8. The molecule has 1 fully saturated rings. The number of hydrogen-bond acceptors (Lipinski definition) is 5. The number of piperidine rings is 1. The number of hydrogen-bond donors (Lipinski definition) is 1. The molecule has 2 N–H and O–H groups in total. The maximum Gasteiger partial charge on any atom is 0.275 e. The predicted octanol–water partition coefficient (Wildman–Crippen LogP) is 5.70. The quantitative estimate of drug-likeness (QED) is 0.392. The maximum absolute atomic E-state index is 13.6. The molecule has 35 heavy (non-hydrogen) atoms. The van der Waals surface area contributed by atoms with Crippen molar-refractivity contribution in [2.45, 2.75) is 46.5 Å². The van der Waals surface area contributed by atoms with E-state index >= 15 is 0 Å². The molecule has 7 heteroatoms. The Bertz CT molecular complexity index is 1380. The third-order valence-electron chi connectivity index (χ3n) is 6.91. The maximum atomic E-state index is 13.6. The summed E-state index contributed by atoms with van der Waals surface area (Å²) in [5.74, 6) is 0.820. The molecule has 1 aliphatic heterocycles. The normalized spacial score (nSPS) is 14.9. The van der Waals surface area contributed by atoms with Gasteiger partial charge in [0.1, 0.15) is 0 Å². The molecule has 1 aliphatic rings. The van der Waals surface area contributed by atoms with Crippen LogP contribution in [0.1, 0.15) is 59.1 Å². The Hall–Kier alpha value is -3.03. The number of aryl methyl sites for hydroxylation is 2. The molecule has 0 aliphatic carbocycles. The second kappa shape index (κ2) is 9.55. The molecule has 2 aromatic carbocycles. The number of nitrogens with zero attached hydrogens (tertiary/aromatic N) is 4. The number of benzene rings is 2. The number of carbonyl (C=O) groups excluding carboxylic acids is 1. The second-order valence-corrected chi connectivity index (χ2v) is 11.0. The summed E-state index contributed by atoms with van der Waals surface area (Å²) in [7, 11) is 0. The van der Waals surface area contributed by atoms with E-state index in [-0.39, 0.29) is 5.91 Å². The van der Waals surface area contributed by atoms with Gasteiger partial charge in [-0.05, 0) is 63.3 Å². The number of likely N-dealkylation sites (tertiary alicyclic amines) is 1. The first-order valence-electron chi connectivity index (χ1n) is 12.4. The van der Waals surface area contributed by atoms with Crippen LogP contribution < -0.4 is 5.73 Å². The molecule has 0 unspecified atom stereocenters. The number of aromatic nitrogens is 3. The summed E-state index contributed by atoms with van der Waals surface area (Å²) in [6.45, 7) is 10.7.